The third-order valence-corrected chi connectivity index (χ3v) is 3.93. The van der Waals surface area contributed by atoms with Gasteiger partial charge in [0.15, 0.2) is 0 Å². The summed E-state index contributed by atoms with van der Waals surface area (Å²) in [5.74, 6) is 0.427. The number of hydrogen-bond donors (Lipinski definition) is 1. The van der Waals surface area contributed by atoms with Crippen LogP contribution in [-0.4, -0.2) is 39.7 Å². The van der Waals surface area contributed by atoms with E-state index in [0.29, 0.717) is 23.8 Å². The van der Waals surface area contributed by atoms with Crippen molar-refractivity contribution in [1.82, 2.24) is 20.0 Å². The highest BCUT2D eigenvalue weighted by Gasteiger charge is 2.16. The second-order valence-electron chi connectivity index (χ2n) is 5.15. The Morgan fingerprint density at radius 1 is 1.41 bits per heavy atom. The van der Waals surface area contributed by atoms with Crippen LogP contribution in [0.3, 0.4) is 0 Å². The van der Waals surface area contributed by atoms with Crippen LogP contribution in [0.4, 0.5) is 5.69 Å². The zero-order chi connectivity index (χ0) is 15.4. The quantitative estimate of drug-likeness (QED) is 0.919. The third kappa shape index (κ3) is 3.26. The SMILES string of the molecule is O=c1c(Cl)c(NCC2CCCOC2)cnn1-c1ccnnc1. The molecule has 116 valence electrons. The topological polar surface area (TPSA) is 81.9 Å². The van der Waals surface area contributed by atoms with Crippen molar-refractivity contribution in [2.24, 2.45) is 5.92 Å². The monoisotopic (exact) mass is 321 g/mol. The summed E-state index contributed by atoms with van der Waals surface area (Å²) in [5.41, 5.74) is 0.671. The van der Waals surface area contributed by atoms with Crippen molar-refractivity contribution in [2.45, 2.75) is 12.8 Å². The lowest BCUT2D eigenvalue weighted by atomic mass is 10.0. The van der Waals surface area contributed by atoms with Gasteiger partial charge in [-0.15, -0.1) is 0 Å². The lowest BCUT2D eigenvalue weighted by Gasteiger charge is -2.22. The van der Waals surface area contributed by atoms with Crippen LogP contribution in [0, 0.1) is 5.92 Å². The van der Waals surface area contributed by atoms with E-state index in [9.17, 15) is 4.79 Å². The molecule has 1 aliphatic rings. The van der Waals surface area contributed by atoms with E-state index in [1.54, 1.807) is 12.3 Å². The average Bonchev–Trinajstić information content (AvgIpc) is 2.58. The van der Waals surface area contributed by atoms with Gasteiger partial charge in [0, 0.05) is 13.2 Å². The van der Waals surface area contributed by atoms with Gasteiger partial charge >= 0.3 is 0 Å². The highest BCUT2D eigenvalue weighted by Crippen LogP contribution is 2.19. The van der Waals surface area contributed by atoms with E-state index < -0.39 is 0 Å². The maximum Gasteiger partial charge on any atom is 0.292 e. The molecule has 7 nitrogen and oxygen atoms in total. The van der Waals surface area contributed by atoms with Crippen LogP contribution in [0.1, 0.15) is 12.8 Å². The van der Waals surface area contributed by atoms with Gasteiger partial charge in [-0.2, -0.15) is 20.0 Å². The van der Waals surface area contributed by atoms with Crippen molar-refractivity contribution in [2.75, 3.05) is 25.1 Å². The standard InChI is InChI=1S/C14H16ClN5O2/c15-13-12(16-6-10-2-1-5-22-9-10)8-19-20(14(13)21)11-3-4-17-18-7-11/h3-4,7-8,10,16H,1-2,5-6,9H2. The van der Waals surface area contributed by atoms with Crippen LogP contribution in [-0.2, 0) is 4.74 Å². The van der Waals surface area contributed by atoms with E-state index in [2.05, 4.69) is 20.6 Å². The van der Waals surface area contributed by atoms with Crippen LogP contribution >= 0.6 is 11.6 Å². The molecular formula is C14H16ClN5O2. The van der Waals surface area contributed by atoms with Crippen LogP contribution < -0.4 is 10.9 Å². The third-order valence-electron chi connectivity index (χ3n) is 3.57. The molecule has 8 heteroatoms. The van der Waals surface area contributed by atoms with Crippen molar-refractivity contribution in [3.63, 3.8) is 0 Å². The first-order valence-corrected chi connectivity index (χ1v) is 7.50. The summed E-state index contributed by atoms with van der Waals surface area (Å²) in [6.45, 7) is 2.27. The number of halogens is 1. The summed E-state index contributed by atoms with van der Waals surface area (Å²) in [7, 11) is 0. The molecule has 1 atom stereocenters. The Labute approximate surface area is 132 Å². The number of aromatic nitrogens is 4. The lowest BCUT2D eigenvalue weighted by molar-refractivity contribution is 0.0595. The minimum Gasteiger partial charge on any atom is -0.382 e. The molecule has 2 aromatic heterocycles. The van der Waals surface area contributed by atoms with Gasteiger partial charge in [-0.3, -0.25) is 4.79 Å². The van der Waals surface area contributed by atoms with Crippen molar-refractivity contribution < 1.29 is 4.74 Å². The number of anilines is 1. The van der Waals surface area contributed by atoms with E-state index in [1.165, 1.54) is 17.1 Å². The minimum atomic E-state index is -0.389. The number of rotatable bonds is 4. The molecule has 1 fully saturated rings. The Hall–Kier alpha value is -1.99. The van der Waals surface area contributed by atoms with Crippen molar-refractivity contribution in [1.29, 1.82) is 0 Å². The first kappa shape index (κ1) is 14.9. The maximum absolute atomic E-state index is 12.3. The van der Waals surface area contributed by atoms with Gasteiger partial charge in [0.1, 0.15) is 5.02 Å². The van der Waals surface area contributed by atoms with E-state index in [-0.39, 0.29) is 10.6 Å². The highest BCUT2D eigenvalue weighted by molar-refractivity contribution is 6.32. The van der Waals surface area contributed by atoms with Gasteiger partial charge in [0.2, 0.25) is 0 Å². The predicted octanol–water partition coefficient (Wildman–Crippen LogP) is 1.51. The molecule has 0 amide bonds. The number of ether oxygens (including phenoxy) is 1. The predicted molar refractivity (Wildman–Crippen MR) is 82.5 cm³/mol. The van der Waals surface area contributed by atoms with Crippen LogP contribution in [0.15, 0.2) is 29.5 Å². The van der Waals surface area contributed by atoms with Crippen LogP contribution in [0.25, 0.3) is 5.69 Å². The molecule has 3 rings (SSSR count). The smallest absolute Gasteiger partial charge is 0.292 e. The van der Waals surface area contributed by atoms with Gasteiger partial charge in [0.25, 0.3) is 5.56 Å². The van der Waals surface area contributed by atoms with Crippen LogP contribution in [0.5, 0.6) is 0 Å². The maximum atomic E-state index is 12.3. The van der Waals surface area contributed by atoms with Gasteiger partial charge in [0.05, 0.1) is 36.6 Å². The minimum absolute atomic E-state index is 0.114. The fourth-order valence-corrected chi connectivity index (χ4v) is 2.57. The number of hydrogen-bond acceptors (Lipinski definition) is 6. The molecule has 1 aliphatic heterocycles. The largest absolute Gasteiger partial charge is 0.382 e. The Kier molecular flexibility index (Phi) is 4.65. The zero-order valence-electron chi connectivity index (χ0n) is 11.9. The normalized spacial score (nSPS) is 18.1. The fraction of sp³-hybridized carbons (Fsp3) is 0.429. The van der Waals surface area contributed by atoms with Crippen LogP contribution in [0.2, 0.25) is 5.02 Å². The number of nitrogens with one attached hydrogen (secondary N) is 1. The molecule has 0 radical (unpaired) electrons. The summed E-state index contributed by atoms with van der Waals surface area (Å²) >= 11 is 6.16. The van der Waals surface area contributed by atoms with Crippen molar-refractivity contribution >= 4 is 17.3 Å². The first-order valence-electron chi connectivity index (χ1n) is 7.12. The summed E-state index contributed by atoms with van der Waals surface area (Å²) in [5, 5.41) is 14.8. The van der Waals surface area contributed by atoms with Crippen molar-refractivity contribution in [3.8, 4) is 5.69 Å². The molecular weight excluding hydrogens is 306 g/mol. The molecule has 0 saturated carbocycles. The zero-order valence-corrected chi connectivity index (χ0v) is 12.7. The molecule has 1 unspecified atom stereocenters. The average molecular weight is 322 g/mol. The second-order valence-corrected chi connectivity index (χ2v) is 5.53. The second kappa shape index (κ2) is 6.85. The highest BCUT2D eigenvalue weighted by atomic mass is 35.5. The molecule has 1 N–H and O–H groups in total. The molecule has 3 heterocycles. The van der Waals surface area contributed by atoms with E-state index in [4.69, 9.17) is 16.3 Å². The van der Waals surface area contributed by atoms with E-state index in [1.807, 2.05) is 0 Å². The van der Waals surface area contributed by atoms with Gasteiger partial charge in [-0.05, 0) is 24.8 Å². The van der Waals surface area contributed by atoms with Gasteiger partial charge in [-0.1, -0.05) is 11.6 Å². The first-order chi connectivity index (χ1) is 10.8. The molecule has 0 aromatic carbocycles. The molecule has 0 bridgehead atoms. The van der Waals surface area contributed by atoms with E-state index >= 15 is 0 Å². The lowest BCUT2D eigenvalue weighted by Crippen LogP contribution is -2.26. The van der Waals surface area contributed by atoms with Gasteiger partial charge < -0.3 is 10.1 Å². The molecule has 0 spiro atoms. The van der Waals surface area contributed by atoms with Crippen molar-refractivity contribution in [3.05, 3.63) is 40.0 Å². The Bertz CT molecular complexity index is 685. The van der Waals surface area contributed by atoms with Gasteiger partial charge in [-0.25, -0.2) is 0 Å². The molecule has 2 aromatic rings. The molecule has 1 saturated heterocycles. The number of nitrogens with zero attached hydrogens (tertiary/aromatic N) is 4. The summed E-state index contributed by atoms with van der Waals surface area (Å²) < 4.78 is 6.63. The molecule has 0 aliphatic carbocycles. The molecule has 22 heavy (non-hydrogen) atoms. The summed E-state index contributed by atoms with van der Waals surface area (Å²) in [6.07, 6.45) is 6.67. The Balaban J connectivity index is 1.76. The summed E-state index contributed by atoms with van der Waals surface area (Å²) in [6, 6.07) is 1.64. The van der Waals surface area contributed by atoms with E-state index in [0.717, 1.165) is 26.1 Å². The Morgan fingerprint density at radius 2 is 2.32 bits per heavy atom. The Morgan fingerprint density at radius 3 is 3.05 bits per heavy atom. The summed E-state index contributed by atoms with van der Waals surface area (Å²) in [4.78, 5) is 12.3. The fourth-order valence-electron chi connectivity index (χ4n) is 2.37.